The first-order valence-electron chi connectivity index (χ1n) is 8.02. The van der Waals surface area contributed by atoms with Crippen LogP contribution in [-0.2, 0) is 4.74 Å². The fraction of sp³-hybridized carbons (Fsp3) is 0.667. The van der Waals surface area contributed by atoms with Crippen molar-refractivity contribution in [3.63, 3.8) is 0 Å². The van der Waals surface area contributed by atoms with E-state index in [4.69, 9.17) is 4.74 Å². The van der Waals surface area contributed by atoms with Gasteiger partial charge in [-0.25, -0.2) is 0 Å². The molecule has 1 saturated carbocycles. The minimum absolute atomic E-state index is 0.204. The maximum atomic E-state index is 5.84. The van der Waals surface area contributed by atoms with E-state index in [1.54, 1.807) is 0 Å². The highest BCUT2D eigenvalue weighted by Gasteiger charge is 2.49. The molecule has 2 rings (SSSR count). The molecule has 1 aliphatic carbocycles. The molecule has 3 nitrogen and oxygen atoms in total. The lowest BCUT2D eigenvalue weighted by atomic mass is 9.64. The maximum absolute atomic E-state index is 5.84. The summed E-state index contributed by atoms with van der Waals surface area (Å²) in [6.07, 6.45) is 1.49. The summed E-state index contributed by atoms with van der Waals surface area (Å²) >= 11 is 0. The summed E-state index contributed by atoms with van der Waals surface area (Å²) in [5.41, 5.74) is 1.57. The molecule has 1 aromatic carbocycles. The van der Waals surface area contributed by atoms with E-state index in [2.05, 4.69) is 75.4 Å². The van der Waals surface area contributed by atoms with Gasteiger partial charge in [-0.3, -0.25) is 0 Å². The van der Waals surface area contributed by atoms with Crippen molar-refractivity contribution in [1.82, 2.24) is 10.2 Å². The molecular formula is C18H30N2O. The summed E-state index contributed by atoms with van der Waals surface area (Å²) in [5, 5.41) is 3.86. The van der Waals surface area contributed by atoms with Gasteiger partial charge in [-0.15, -0.1) is 0 Å². The van der Waals surface area contributed by atoms with Crippen molar-refractivity contribution >= 4 is 0 Å². The maximum Gasteiger partial charge on any atom is 0.0655 e. The van der Waals surface area contributed by atoms with Gasteiger partial charge in [0.05, 0.1) is 6.10 Å². The van der Waals surface area contributed by atoms with E-state index in [1.165, 1.54) is 5.56 Å². The van der Waals surface area contributed by atoms with Crippen LogP contribution in [0.15, 0.2) is 30.3 Å². The largest absolute Gasteiger partial charge is 0.378 e. The lowest BCUT2D eigenvalue weighted by Gasteiger charge is -2.53. The Bertz CT molecular complexity index is 430. The summed E-state index contributed by atoms with van der Waals surface area (Å²) in [5.74, 6) is 0. The predicted octanol–water partition coefficient (Wildman–Crippen LogP) is 3.08. The van der Waals surface area contributed by atoms with Gasteiger partial charge in [-0.1, -0.05) is 44.2 Å². The molecular weight excluding hydrogens is 260 g/mol. The van der Waals surface area contributed by atoms with Crippen molar-refractivity contribution in [2.24, 2.45) is 5.41 Å². The number of benzene rings is 1. The Balaban J connectivity index is 2.04. The highest BCUT2D eigenvalue weighted by molar-refractivity contribution is 5.20. The van der Waals surface area contributed by atoms with Crippen LogP contribution >= 0.6 is 0 Å². The first kappa shape index (κ1) is 16.5. The summed E-state index contributed by atoms with van der Waals surface area (Å²) in [6.45, 7) is 8.52. The zero-order chi connectivity index (χ0) is 15.5. The van der Waals surface area contributed by atoms with Gasteiger partial charge < -0.3 is 15.0 Å². The summed E-state index contributed by atoms with van der Waals surface area (Å²) in [6, 6.07) is 11.6. The highest BCUT2D eigenvalue weighted by Crippen LogP contribution is 2.43. The second-order valence-corrected chi connectivity index (χ2v) is 6.95. The predicted molar refractivity (Wildman–Crippen MR) is 88.5 cm³/mol. The molecule has 1 fully saturated rings. The zero-order valence-electron chi connectivity index (χ0n) is 14.1. The number of hydrogen-bond donors (Lipinski definition) is 1. The van der Waals surface area contributed by atoms with E-state index < -0.39 is 0 Å². The molecule has 1 aromatic rings. The first-order chi connectivity index (χ1) is 9.95. The number of ether oxygens (including phenoxy) is 1. The molecule has 0 saturated heterocycles. The Hall–Kier alpha value is -0.900. The smallest absolute Gasteiger partial charge is 0.0655 e. The minimum atomic E-state index is 0.204. The lowest BCUT2D eigenvalue weighted by Crippen LogP contribution is -2.62. The Morgan fingerprint density at radius 3 is 2.48 bits per heavy atom. The lowest BCUT2D eigenvalue weighted by molar-refractivity contribution is -0.117. The third-order valence-electron chi connectivity index (χ3n) is 4.70. The van der Waals surface area contributed by atoms with Crippen LogP contribution in [0, 0.1) is 5.41 Å². The van der Waals surface area contributed by atoms with Crippen LogP contribution in [0.4, 0.5) is 0 Å². The molecule has 0 heterocycles. The van der Waals surface area contributed by atoms with Gasteiger partial charge in [-0.05, 0) is 33.0 Å². The van der Waals surface area contributed by atoms with Gasteiger partial charge in [0.1, 0.15) is 0 Å². The van der Waals surface area contributed by atoms with Gasteiger partial charge in [0, 0.05) is 30.7 Å². The van der Waals surface area contributed by atoms with Crippen LogP contribution in [0.5, 0.6) is 0 Å². The molecule has 0 aliphatic heterocycles. The Kier molecular flexibility index (Phi) is 5.42. The average molecular weight is 290 g/mol. The normalized spacial score (nSPS) is 25.6. The van der Waals surface area contributed by atoms with Gasteiger partial charge in [0.2, 0.25) is 0 Å². The number of nitrogens with one attached hydrogen (secondary N) is 1. The van der Waals surface area contributed by atoms with Crippen LogP contribution in [0.3, 0.4) is 0 Å². The molecule has 1 aliphatic rings. The molecule has 3 atom stereocenters. The summed E-state index contributed by atoms with van der Waals surface area (Å²) in [7, 11) is 4.26. The fourth-order valence-corrected chi connectivity index (χ4v) is 3.20. The van der Waals surface area contributed by atoms with Crippen molar-refractivity contribution in [3.05, 3.63) is 35.9 Å². The molecule has 1 N–H and O–H groups in total. The summed E-state index contributed by atoms with van der Waals surface area (Å²) < 4.78 is 5.84. The average Bonchev–Trinajstić information content (AvgIpc) is 2.45. The number of likely N-dealkylation sites (N-methyl/N-ethyl adjacent to an activating group) is 1. The Morgan fingerprint density at radius 2 is 1.95 bits per heavy atom. The van der Waals surface area contributed by atoms with Crippen LogP contribution in [0.1, 0.15) is 38.8 Å². The molecule has 0 bridgehead atoms. The molecule has 0 aromatic heterocycles. The van der Waals surface area contributed by atoms with Crippen LogP contribution in [0.25, 0.3) is 0 Å². The third-order valence-corrected chi connectivity index (χ3v) is 4.70. The quantitative estimate of drug-likeness (QED) is 0.835. The van der Waals surface area contributed by atoms with Crippen molar-refractivity contribution in [1.29, 1.82) is 0 Å². The molecule has 3 unspecified atom stereocenters. The molecule has 21 heavy (non-hydrogen) atoms. The van der Waals surface area contributed by atoms with Crippen LogP contribution < -0.4 is 5.32 Å². The standard InChI is InChI=1S/C18H30N2O/c1-6-21-17-12-16(18(17,2)3)19-15(13-20(4)5)14-10-8-7-9-11-14/h7-11,15-17,19H,6,12-13H2,1-5H3. The second-order valence-electron chi connectivity index (χ2n) is 6.95. The molecule has 3 heteroatoms. The molecule has 0 radical (unpaired) electrons. The van der Waals surface area contributed by atoms with Crippen molar-refractivity contribution in [2.75, 3.05) is 27.2 Å². The zero-order valence-corrected chi connectivity index (χ0v) is 14.1. The molecule has 0 amide bonds. The third kappa shape index (κ3) is 3.85. The Morgan fingerprint density at radius 1 is 1.29 bits per heavy atom. The van der Waals surface area contributed by atoms with Crippen LogP contribution in [-0.4, -0.2) is 44.3 Å². The van der Waals surface area contributed by atoms with Gasteiger partial charge in [0.15, 0.2) is 0 Å². The minimum Gasteiger partial charge on any atom is -0.378 e. The van der Waals surface area contributed by atoms with E-state index in [9.17, 15) is 0 Å². The van der Waals surface area contributed by atoms with E-state index >= 15 is 0 Å². The topological polar surface area (TPSA) is 24.5 Å². The number of rotatable bonds is 7. The molecule has 118 valence electrons. The fourth-order valence-electron chi connectivity index (χ4n) is 3.20. The monoisotopic (exact) mass is 290 g/mol. The second kappa shape index (κ2) is 6.91. The number of hydrogen-bond acceptors (Lipinski definition) is 3. The van der Waals surface area contributed by atoms with Gasteiger partial charge >= 0.3 is 0 Å². The summed E-state index contributed by atoms with van der Waals surface area (Å²) in [4.78, 5) is 2.25. The van der Waals surface area contributed by atoms with Crippen molar-refractivity contribution < 1.29 is 4.74 Å². The molecule has 0 spiro atoms. The van der Waals surface area contributed by atoms with Gasteiger partial charge in [-0.2, -0.15) is 0 Å². The van der Waals surface area contributed by atoms with E-state index in [0.717, 1.165) is 19.6 Å². The van der Waals surface area contributed by atoms with Crippen molar-refractivity contribution in [2.45, 2.75) is 45.4 Å². The van der Waals surface area contributed by atoms with Crippen molar-refractivity contribution in [3.8, 4) is 0 Å². The highest BCUT2D eigenvalue weighted by atomic mass is 16.5. The van der Waals surface area contributed by atoms with E-state index in [1.807, 2.05) is 0 Å². The van der Waals surface area contributed by atoms with E-state index in [0.29, 0.717) is 18.2 Å². The van der Waals surface area contributed by atoms with Crippen LogP contribution in [0.2, 0.25) is 0 Å². The van der Waals surface area contributed by atoms with E-state index in [-0.39, 0.29) is 5.41 Å². The SMILES string of the molecule is CCOC1CC(NC(CN(C)C)c2ccccc2)C1(C)C. The van der Waals surface area contributed by atoms with Gasteiger partial charge in [0.25, 0.3) is 0 Å². The Labute approximate surface area is 129 Å². The number of nitrogens with zero attached hydrogens (tertiary/aromatic N) is 1. The first-order valence-corrected chi connectivity index (χ1v) is 8.02.